The van der Waals surface area contributed by atoms with Crippen molar-refractivity contribution in [3.8, 4) is 0 Å². The molecule has 1 aromatic carbocycles. The molecular formula is C16H23N3S. The number of aromatic nitrogens is 2. The van der Waals surface area contributed by atoms with E-state index >= 15 is 0 Å². The standard InChI is InChI=1S/C16H23N3S/c1-12(2)10-17-11-14-5-6-15(9-13(14)3)20-16-18-7-8-19(16)4/h5-9,12,17H,10-11H2,1-4H3. The van der Waals surface area contributed by atoms with Crippen molar-refractivity contribution in [3.05, 3.63) is 41.7 Å². The van der Waals surface area contributed by atoms with E-state index in [9.17, 15) is 0 Å². The Morgan fingerprint density at radius 2 is 2.15 bits per heavy atom. The minimum absolute atomic E-state index is 0.688. The lowest BCUT2D eigenvalue weighted by molar-refractivity contribution is 0.551. The molecular weight excluding hydrogens is 266 g/mol. The molecule has 0 saturated carbocycles. The summed E-state index contributed by atoms with van der Waals surface area (Å²) in [5, 5.41) is 4.52. The van der Waals surface area contributed by atoms with Gasteiger partial charge in [-0.3, -0.25) is 0 Å². The Morgan fingerprint density at radius 3 is 2.75 bits per heavy atom. The zero-order valence-corrected chi connectivity index (χ0v) is 13.5. The van der Waals surface area contributed by atoms with Crippen LogP contribution in [0.5, 0.6) is 0 Å². The van der Waals surface area contributed by atoms with Crippen molar-refractivity contribution in [2.75, 3.05) is 6.54 Å². The monoisotopic (exact) mass is 289 g/mol. The molecule has 0 spiro atoms. The highest BCUT2D eigenvalue weighted by Gasteiger charge is 2.05. The third-order valence-corrected chi connectivity index (χ3v) is 4.23. The highest BCUT2D eigenvalue weighted by Crippen LogP contribution is 2.27. The van der Waals surface area contributed by atoms with Crippen LogP contribution in [0.2, 0.25) is 0 Å². The Balaban J connectivity index is 2.00. The van der Waals surface area contributed by atoms with Gasteiger partial charge in [-0.05, 0) is 42.6 Å². The van der Waals surface area contributed by atoms with E-state index < -0.39 is 0 Å². The van der Waals surface area contributed by atoms with Crippen LogP contribution < -0.4 is 5.32 Å². The van der Waals surface area contributed by atoms with Gasteiger partial charge in [0, 0.05) is 30.9 Å². The van der Waals surface area contributed by atoms with Gasteiger partial charge < -0.3 is 9.88 Å². The van der Waals surface area contributed by atoms with E-state index in [4.69, 9.17) is 0 Å². The largest absolute Gasteiger partial charge is 0.329 e. The summed E-state index contributed by atoms with van der Waals surface area (Å²) < 4.78 is 2.04. The van der Waals surface area contributed by atoms with Crippen molar-refractivity contribution in [3.63, 3.8) is 0 Å². The topological polar surface area (TPSA) is 29.9 Å². The molecule has 3 nitrogen and oxygen atoms in total. The first-order valence-electron chi connectivity index (χ1n) is 7.01. The molecule has 1 aromatic heterocycles. The van der Waals surface area contributed by atoms with Crippen LogP contribution in [-0.2, 0) is 13.6 Å². The van der Waals surface area contributed by atoms with E-state index in [-0.39, 0.29) is 0 Å². The van der Waals surface area contributed by atoms with Gasteiger partial charge in [-0.1, -0.05) is 31.7 Å². The Kier molecular flexibility index (Phi) is 5.26. The molecule has 1 N–H and O–H groups in total. The van der Waals surface area contributed by atoms with Crippen molar-refractivity contribution in [2.45, 2.75) is 37.4 Å². The molecule has 0 fully saturated rings. The molecule has 0 unspecified atom stereocenters. The third-order valence-electron chi connectivity index (χ3n) is 3.17. The van der Waals surface area contributed by atoms with Crippen molar-refractivity contribution in [1.29, 1.82) is 0 Å². The molecule has 4 heteroatoms. The number of hydrogen-bond donors (Lipinski definition) is 1. The summed E-state index contributed by atoms with van der Waals surface area (Å²) in [6.07, 6.45) is 3.80. The van der Waals surface area contributed by atoms with Crippen LogP contribution in [0.4, 0.5) is 0 Å². The number of benzene rings is 1. The zero-order chi connectivity index (χ0) is 14.5. The first kappa shape index (κ1) is 15.1. The second-order valence-electron chi connectivity index (χ2n) is 5.54. The Bertz CT molecular complexity index is 561. The van der Waals surface area contributed by atoms with Crippen LogP contribution in [0.25, 0.3) is 0 Å². The third kappa shape index (κ3) is 4.12. The van der Waals surface area contributed by atoms with Crippen LogP contribution in [-0.4, -0.2) is 16.1 Å². The van der Waals surface area contributed by atoms with Crippen molar-refractivity contribution in [1.82, 2.24) is 14.9 Å². The molecule has 0 atom stereocenters. The van der Waals surface area contributed by atoms with Gasteiger partial charge >= 0.3 is 0 Å². The number of imidazole rings is 1. The minimum atomic E-state index is 0.688. The summed E-state index contributed by atoms with van der Waals surface area (Å²) in [4.78, 5) is 5.59. The highest BCUT2D eigenvalue weighted by molar-refractivity contribution is 7.99. The highest BCUT2D eigenvalue weighted by atomic mass is 32.2. The molecule has 2 aromatic rings. The molecule has 0 aliphatic carbocycles. The van der Waals surface area contributed by atoms with E-state index in [0.717, 1.165) is 18.2 Å². The van der Waals surface area contributed by atoms with Crippen LogP contribution in [0.3, 0.4) is 0 Å². The SMILES string of the molecule is Cc1cc(Sc2nccn2C)ccc1CNCC(C)C. The van der Waals surface area contributed by atoms with Crippen LogP contribution in [0.1, 0.15) is 25.0 Å². The molecule has 20 heavy (non-hydrogen) atoms. The Labute approximate surface area is 125 Å². The maximum atomic E-state index is 4.35. The molecule has 1 heterocycles. The quantitative estimate of drug-likeness (QED) is 0.881. The number of rotatable bonds is 6. The number of hydrogen-bond acceptors (Lipinski definition) is 3. The fraction of sp³-hybridized carbons (Fsp3) is 0.438. The van der Waals surface area contributed by atoms with Gasteiger partial charge in [-0.2, -0.15) is 0 Å². The van der Waals surface area contributed by atoms with Crippen LogP contribution >= 0.6 is 11.8 Å². The average molecular weight is 289 g/mol. The Morgan fingerprint density at radius 1 is 1.35 bits per heavy atom. The van der Waals surface area contributed by atoms with E-state index in [0.29, 0.717) is 5.92 Å². The molecule has 0 amide bonds. The number of aryl methyl sites for hydroxylation is 2. The minimum Gasteiger partial charge on any atom is -0.329 e. The van der Waals surface area contributed by atoms with Gasteiger partial charge in [-0.15, -0.1) is 0 Å². The summed E-state index contributed by atoms with van der Waals surface area (Å²) in [6, 6.07) is 6.64. The van der Waals surface area contributed by atoms with Crippen molar-refractivity contribution in [2.24, 2.45) is 13.0 Å². The van der Waals surface area contributed by atoms with Crippen molar-refractivity contribution < 1.29 is 0 Å². The first-order chi connectivity index (χ1) is 9.56. The summed E-state index contributed by atoms with van der Waals surface area (Å²) in [5.74, 6) is 0.688. The molecule has 108 valence electrons. The van der Waals surface area contributed by atoms with Gasteiger partial charge in [0.15, 0.2) is 5.16 Å². The maximum Gasteiger partial charge on any atom is 0.172 e. The molecule has 0 bridgehead atoms. The van der Waals surface area contributed by atoms with E-state index in [2.05, 4.69) is 49.3 Å². The summed E-state index contributed by atoms with van der Waals surface area (Å²) in [7, 11) is 2.02. The van der Waals surface area contributed by atoms with Crippen molar-refractivity contribution >= 4 is 11.8 Å². The van der Waals surface area contributed by atoms with E-state index in [1.165, 1.54) is 16.0 Å². The summed E-state index contributed by atoms with van der Waals surface area (Å²) >= 11 is 1.70. The smallest absolute Gasteiger partial charge is 0.172 e. The van der Waals surface area contributed by atoms with E-state index in [1.807, 2.05) is 24.0 Å². The average Bonchev–Trinajstić information content (AvgIpc) is 2.77. The van der Waals surface area contributed by atoms with Gasteiger partial charge in [-0.25, -0.2) is 4.98 Å². The van der Waals surface area contributed by atoms with E-state index in [1.54, 1.807) is 11.8 Å². The maximum absolute atomic E-state index is 4.35. The van der Waals surface area contributed by atoms with Crippen LogP contribution in [0.15, 0.2) is 40.6 Å². The predicted octanol–water partition coefficient (Wildman–Crippen LogP) is 3.63. The first-order valence-corrected chi connectivity index (χ1v) is 7.83. The molecule has 2 rings (SSSR count). The number of nitrogens with zero attached hydrogens (tertiary/aromatic N) is 2. The lowest BCUT2D eigenvalue weighted by Crippen LogP contribution is -2.19. The fourth-order valence-corrected chi connectivity index (χ4v) is 2.88. The second kappa shape index (κ2) is 6.95. The van der Waals surface area contributed by atoms with Gasteiger partial charge in [0.05, 0.1) is 0 Å². The lowest BCUT2D eigenvalue weighted by atomic mass is 10.1. The van der Waals surface area contributed by atoms with Crippen LogP contribution in [0, 0.1) is 12.8 Å². The number of nitrogens with one attached hydrogen (secondary N) is 1. The Hall–Kier alpha value is -1.26. The summed E-state index contributed by atoms with van der Waals surface area (Å²) in [5.41, 5.74) is 2.70. The molecule has 0 aliphatic heterocycles. The van der Waals surface area contributed by atoms with Gasteiger partial charge in [0.1, 0.15) is 0 Å². The fourth-order valence-electron chi connectivity index (χ4n) is 1.98. The molecule has 0 saturated heterocycles. The van der Waals surface area contributed by atoms with Gasteiger partial charge in [0.25, 0.3) is 0 Å². The normalized spacial score (nSPS) is 11.2. The lowest BCUT2D eigenvalue weighted by Gasteiger charge is -2.11. The van der Waals surface area contributed by atoms with Gasteiger partial charge in [0.2, 0.25) is 0 Å². The summed E-state index contributed by atoms with van der Waals surface area (Å²) in [6.45, 7) is 8.63. The molecule has 0 aliphatic rings. The molecule has 0 radical (unpaired) electrons. The second-order valence-corrected chi connectivity index (χ2v) is 6.58. The zero-order valence-electron chi connectivity index (χ0n) is 12.7. The predicted molar refractivity (Wildman–Crippen MR) is 85.1 cm³/mol.